The lowest BCUT2D eigenvalue weighted by atomic mass is 9.91. The number of nitrogens with zero attached hydrogens (tertiary/aromatic N) is 1. The van der Waals surface area contributed by atoms with Gasteiger partial charge in [0.25, 0.3) is 0 Å². The zero-order valence-electron chi connectivity index (χ0n) is 8.82. The van der Waals surface area contributed by atoms with E-state index in [1.807, 2.05) is 18.2 Å². The molecule has 1 aromatic carbocycles. The van der Waals surface area contributed by atoms with Crippen molar-refractivity contribution >= 4 is 17.3 Å². The smallest absolute Gasteiger partial charge is 0.0639 e. The van der Waals surface area contributed by atoms with E-state index < -0.39 is 0 Å². The van der Waals surface area contributed by atoms with Gasteiger partial charge in [0, 0.05) is 19.1 Å². The van der Waals surface area contributed by atoms with E-state index in [4.69, 9.17) is 17.3 Å². The van der Waals surface area contributed by atoms with Crippen molar-refractivity contribution in [2.75, 3.05) is 18.0 Å². The van der Waals surface area contributed by atoms with Crippen LogP contribution in [0.25, 0.3) is 0 Å². The van der Waals surface area contributed by atoms with E-state index in [9.17, 15) is 0 Å². The van der Waals surface area contributed by atoms with Crippen LogP contribution in [-0.2, 0) is 0 Å². The molecule has 1 aromatic rings. The third kappa shape index (κ3) is 2.27. The number of anilines is 1. The first-order chi connectivity index (χ1) is 7.33. The second-order valence-corrected chi connectivity index (χ2v) is 4.43. The second kappa shape index (κ2) is 4.86. The molecule has 0 bridgehead atoms. The van der Waals surface area contributed by atoms with Gasteiger partial charge >= 0.3 is 0 Å². The second-order valence-electron chi connectivity index (χ2n) is 4.02. The molecule has 0 heterocycles. The SMILES string of the molecule is NCCN(c1ccccc1Cl)C1CCC1. The lowest BCUT2D eigenvalue weighted by molar-refractivity contribution is 0.388. The molecule has 0 amide bonds. The van der Waals surface area contributed by atoms with Gasteiger partial charge in [-0.15, -0.1) is 0 Å². The molecule has 1 aliphatic carbocycles. The Hall–Kier alpha value is -0.730. The Morgan fingerprint density at radius 2 is 2.07 bits per heavy atom. The Morgan fingerprint density at radius 3 is 2.60 bits per heavy atom. The zero-order chi connectivity index (χ0) is 10.7. The maximum absolute atomic E-state index is 6.20. The summed E-state index contributed by atoms with van der Waals surface area (Å²) in [5, 5.41) is 0.831. The molecule has 1 saturated carbocycles. The summed E-state index contributed by atoms with van der Waals surface area (Å²) in [5.41, 5.74) is 6.78. The number of benzene rings is 1. The van der Waals surface area contributed by atoms with Crippen LogP contribution < -0.4 is 10.6 Å². The molecular formula is C12H17ClN2. The summed E-state index contributed by atoms with van der Waals surface area (Å²) < 4.78 is 0. The van der Waals surface area contributed by atoms with Gasteiger partial charge in [-0.2, -0.15) is 0 Å². The van der Waals surface area contributed by atoms with Crippen molar-refractivity contribution in [3.63, 3.8) is 0 Å². The van der Waals surface area contributed by atoms with Crippen molar-refractivity contribution in [3.05, 3.63) is 29.3 Å². The number of hydrogen-bond acceptors (Lipinski definition) is 2. The predicted octanol–water partition coefficient (Wildman–Crippen LogP) is 2.66. The van der Waals surface area contributed by atoms with E-state index in [-0.39, 0.29) is 0 Å². The number of hydrogen-bond donors (Lipinski definition) is 1. The summed E-state index contributed by atoms with van der Waals surface area (Å²) in [6.45, 7) is 1.58. The van der Waals surface area contributed by atoms with Crippen molar-refractivity contribution in [1.82, 2.24) is 0 Å². The van der Waals surface area contributed by atoms with Crippen molar-refractivity contribution in [2.45, 2.75) is 25.3 Å². The highest BCUT2D eigenvalue weighted by Gasteiger charge is 2.25. The molecule has 82 valence electrons. The minimum atomic E-state index is 0.647. The Labute approximate surface area is 96.0 Å². The van der Waals surface area contributed by atoms with E-state index in [0.717, 1.165) is 17.3 Å². The molecule has 1 aliphatic rings. The highest BCUT2D eigenvalue weighted by molar-refractivity contribution is 6.33. The Morgan fingerprint density at radius 1 is 1.33 bits per heavy atom. The van der Waals surface area contributed by atoms with Crippen LogP contribution >= 0.6 is 11.6 Å². The molecule has 0 spiro atoms. The van der Waals surface area contributed by atoms with Crippen molar-refractivity contribution in [3.8, 4) is 0 Å². The topological polar surface area (TPSA) is 29.3 Å². The van der Waals surface area contributed by atoms with Crippen LogP contribution in [0.4, 0.5) is 5.69 Å². The molecule has 0 aromatic heterocycles. The van der Waals surface area contributed by atoms with Gasteiger partial charge in [0.15, 0.2) is 0 Å². The Balaban J connectivity index is 2.19. The summed E-state index contributed by atoms with van der Waals surface area (Å²) >= 11 is 6.20. The molecule has 0 atom stereocenters. The van der Waals surface area contributed by atoms with Crippen LogP contribution in [-0.4, -0.2) is 19.1 Å². The summed E-state index contributed by atoms with van der Waals surface area (Å²) in [6, 6.07) is 8.67. The first kappa shape index (κ1) is 10.8. The Kier molecular flexibility index (Phi) is 3.49. The van der Waals surface area contributed by atoms with Gasteiger partial charge in [-0.25, -0.2) is 0 Å². The van der Waals surface area contributed by atoms with Gasteiger partial charge in [0.2, 0.25) is 0 Å². The van der Waals surface area contributed by atoms with Crippen LogP contribution in [0.15, 0.2) is 24.3 Å². The van der Waals surface area contributed by atoms with Crippen molar-refractivity contribution in [2.24, 2.45) is 5.73 Å². The summed E-state index contributed by atoms with van der Waals surface area (Å²) in [7, 11) is 0. The van der Waals surface area contributed by atoms with Gasteiger partial charge in [0.05, 0.1) is 10.7 Å². The van der Waals surface area contributed by atoms with Crippen LogP contribution in [0.2, 0.25) is 5.02 Å². The highest BCUT2D eigenvalue weighted by atomic mass is 35.5. The van der Waals surface area contributed by atoms with Crippen LogP contribution in [0.1, 0.15) is 19.3 Å². The molecule has 0 radical (unpaired) electrons. The van der Waals surface area contributed by atoms with Crippen LogP contribution in [0.5, 0.6) is 0 Å². The lowest BCUT2D eigenvalue weighted by Gasteiger charge is -2.39. The van der Waals surface area contributed by atoms with E-state index in [2.05, 4.69) is 11.0 Å². The standard InChI is InChI=1S/C12H17ClN2/c13-11-6-1-2-7-12(11)15(9-8-14)10-4-3-5-10/h1-2,6-7,10H,3-5,8-9,14H2. The molecule has 0 unspecified atom stereocenters. The third-order valence-electron chi connectivity index (χ3n) is 3.05. The molecule has 2 rings (SSSR count). The zero-order valence-corrected chi connectivity index (χ0v) is 9.58. The molecular weight excluding hydrogens is 208 g/mol. The van der Waals surface area contributed by atoms with Crippen LogP contribution in [0, 0.1) is 0 Å². The Bertz CT molecular complexity index is 323. The van der Waals surface area contributed by atoms with Crippen molar-refractivity contribution in [1.29, 1.82) is 0 Å². The van der Waals surface area contributed by atoms with Gasteiger partial charge in [-0.1, -0.05) is 23.7 Å². The van der Waals surface area contributed by atoms with Gasteiger partial charge < -0.3 is 10.6 Å². The molecule has 2 nitrogen and oxygen atoms in total. The van der Waals surface area contributed by atoms with E-state index in [1.165, 1.54) is 19.3 Å². The summed E-state index contributed by atoms with van der Waals surface area (Å²) in [5.74, 6) is 0. The fourth-order valence-electron chi connectivity index (χ4n) is 2.02. The first-order valence-electron chi connectivity index (χ1n) is 5.54. The molecule has 2 N–H and O–H groups in total. The molecule has 0 aliphatic heterocycles. The average Bonchev–Trinajstić information content (AvgIpc) is 2.15. The fraction of sp³-hybridized carbons (Fsp3) is 0.500. The first-order valence-corrected chi connectivity index (χ1v) is 5.92. The normalized spacial score (nSPS) is 16.1. The number of halogens is 1. The highest BCUT2D eigenvalue weighted by Crippen LogP contribution is 2.33. The number of nitrogens with two attached hydrogens (primary N) is 1. The quantitative estimate of drug-likeness (QED) is 0.852. The van der Waals surface area contributed by atoms with Gasteiger partial charge in [-0.05, 0) is 31.4 Å². The van der Waals surface area contributed by atoms with Crippen molar-refractivity contribution < 1.29 is 0 Å². The summed E-state index contributed by atoms with van der Waals surface area (Å²) in [6.07, 6.45) is 3.87. The largest absolute Gasteiger partial charge is 0.366 e. The van der Waals surface area contributed by atoms with E-state index in [1.54, 1.807) is 0 Å². The average molecular weight is 225 g/mol. The van der Waals surface area contributed by atoms with Gasteiger partial charge in [0.1, 0.15) is 0 Å². The maximum Gasteiger partial charge on any atom is 0.0639 e. The lowest BCUT2D eigenvalue weighted by Crippen LogP contribution is -2.43. The fourth-order valence-corrected chi connectivity index (χ4v) is 2.27. The van der Waals surface area contributed by atoms with E-state index in [0.29, 0.717) is 12.6 Å². The third-order valence-corrected chi connectivity index (χ3v) is 3.37. The monoisotopic (exact) mass is 224 g/mol. The van der Waals surface area contributed by atoms with Crippen LogP contribution in [0.3, 0.4) is 0 Å². The maximum atomic E-state index is 6.20. The minimum absolute atomic E-state index is 0.647. The van der Waals surface area contributed by atoms with E-state index >= 15 is 0 Å². The number of rotatable bonds is 4. The molecule has 3 heteroatoms. The minimum Gasteiger partial charge on any atom is -0.366 e. The summed E-state index contributed by atoms with van der Waals surface area (Å²) in [4.78, 5) is 2.35. The van der Waals surface area contributed by atoms with Gasteiger partial charge in [-0.3, -0.25) is 0 Å². The molecule has 1 fully saturated rings. The predicted molar refractivity (Wildman–Crippen MR) is 65.5 cm³/mol. The number of para-hydroxylation sites is 1. The molecule has 15 heavy (non-hydrogen) atoms. The molecule has 0 saturated heterocycles.